The molecule has 4 aromatic rings. The van der Waals surface area contributed by atoms with E-state index in [0.29, 0.717) is 34.2 Å². The quantitative estimate of drug-likeness (QED) is 0.332. The number of hydrogen-bond donors (Lipinski definition) is 3. The Labute approximate surface area is 233 Å². The molecule has 0 saturated carbocycles. The van der Waals surface area contributed by atoms with Gasteiger partial charge in [-0.3, -0.25) is 24.6 Å². The second kappa shape index (κ2) is 8.33. The zero-order valence-electron chi connectivity index (χ0n) is 21.1. The van der Waals surface area contributed by atoms with Crippen LogP contribution in [0.15, 0.2) is 66.9 Å². The van der Waals surface area contributed by atoms with Crippen molar-refractivity contribution >= 4 is 45.9 Å². The number of fused-ring (bicyclic) bond motifs is 6. The molecule has 0 bridgehead atoms. The molecule has 3 N–H and O–H groups in total. The third kappa shape index (κ3) is 3.16. The molecule has 5 heterocycles. The number of carbonyl (C=O) groups is 3. The fraction of sp³-hybridized carbons (Fsp3) is 0.233. The average molecular weight is 555 g/mol. The number of ether oxygens (including phenoxy) is 2. The van der Waals surface area contributed by atoms with E-state index >= 15 is 0 Å². The second-order valence-electron chi connectivity index (χ2n) is 10.7. The number of carbonyl (C=O) groups excluding carboxylic acids is 3. The van der Waals surface area contributed by atoms with Crippen LogP contribution in [0.5, 0.6) is 11.5 Å². The van der Waals surface area contributed by atoms with E-state index in [1.807, 2.05) is 36.5 Å². The first kappa shape index (κ1) is 23.5. The molecule has 0 unspecified atom stereocenters. The topological polar surface area (TPSA) is 113 Å². The number of rotatable bonds is 4. The summed E-state index contributed by atoms with van der Waals surface area (Å²) in [5.74, 6) is -1.51. The lowest BCUT2D eigenvalue weighted by molar-refractivity contribution is -0.143. The van der Waals surface area contributed by atoms with Gasteiger partial charge in [0.25, 0.3) is 0 Å². The normalized spacial score (nSPS) is 26.2. The minimum Gasteiger partial charge on any atom is -0.454 e. The summed E-state index contributed by atoms with van der Waals surface area (Å²) < 4.78 is 10.9. The highest BCUT2D eigenvalue weighted by Gasteiger charge is 2.70. The number of imide groups is 1. The molecule has 8 rings (SSSR count). The number of aromatic amines is 1. The molecule has 4 aliphatic heterocycles. The Morgan fingerprint density at radius 1 is 0.975 bits per heavy atom. The van der Waals surface area contributed by atoms with Crippen LogP contribution in [0, 0.1) is 11.8 Å². The summed E-state index contributed by atoms with van der Waals surface area (Å²) in [5.41, 5.74) is 2.48. The van der Waals surface area contributed by atoms with Crippen LogP contribution < -0.4 is 20.1 Å². The highest BCUT2D eigenvalue weighted by atomic mass is 35.5. The zero-order valence-corrected chi connectivity index (χ0v) is 21.8. The van der Waals surface area contributed by atoms with Crippen molar-refractivity contribution in [1.29, 1.82) is 0 Å². The molecule has 40 heavy (non-hydrogen) atoms. The van der Waals surface area contributed by atoms with Gasteiger partial charge in [0.05, 0.1) is 18.4 Å². The zero-order chi connectivity index (χ0) is 27.2. The van der Waals surface area contributed by atoms with Gasteiger partial charge in [-0.25, -0.2) is 0 Å². The van der Waals surface area contributed by atoms with Crippen LogP contribution in [-0.4, -0.2) is 40.4 Å². The van der Waals surface area contributed by atoms with Gasteiger partial charge < -0.3 is 19.8 Å². The maximum absolute atomic E-state index is 14.2. The molecule has 3 amide bonds. The summed E-state index contributed by atoms with van der Waals surface area (Å²) in [6.45, 7) is 0.201. The van der Waals surface area contributed by atoms with Crippen LogP contribution in [0.4, 0.5) is 5.69 Å². The predicted molar refractivity (Wildman–Crippen MR) is 146 cm³/mol. The summed E-state index contributed by atoms with van der Waals surface area (Å²) in [6, 6.07) is 18.0. The van der Waals surface area contributed by atoms with Crippen LogP contribution >= 0.6 is 11.6 Å². The number of nitrogens with zero attached hydrogens (tertiary/aromatic N) is 1. The Morgan fingerprint density at radius 3 is 2.73 bits per heavy atom. The number of hydrogen-bond acceptors (Lipinski definition) is 6. The van der Waals surface area contributed by atoms with Crippen LogP contribution in [0.2, 0.25) is 5.02 Å². The Kier molecular flexibility index (Phi) is 4.90. The first-order valence-corrected chi connectivity index (χ1v) is 13.5. The van der Waals surface area contributed by atoms with Crippen molar-refractivity contribution in [2.45, 2.75) is 24.5 Å². The summed E-state index contributed by atoms with van der Waals surface area (Å²) in [4.78, 5) is 46.6. The van der Waals surface area contributed by atoms with Crippen LogP contribution in [-0.2, 0) is 32.9 Å². The smallest absolute Gasteiger partial charge is 0.250 e. The largest absolute Gasteiger partial charge is 0.454 e. The molecular weight excluding hydrogens is 532 g/mol. The molecule has 10 heteroatoms. The van der Waals surface area contributed by atoms with Gasteiger partial charge in [0.15, 0.2) is 11.5 Å². The third-order valence-electron chi connectivity index (χ3n) is 8.66. The second-order valence-corrected chi connectivity index (χ2v) is 11.2. The highest BCUT2D eigenvalue weighted by molar-refractivity contribution is 6.31. The monoisotopic (exact) mass is 554 g/mol. The van der Waals surface area contributed by atoms with Crippen molar-refractivity contribution in [2.75, 3.05) is 12.1 Å². The van der Waals surface area contributed by atoms with E-state index in [1.165, 1.54) is 4.90 Å². The van der Waals surface area contributed by atoms with Gasteiger partial charge in [-0.1, -0.05) is 35.9 Å². The summed E-state index contributed by atoms with van der Waals surface area (Å²) >= 11 is 6.38. The van der Waals surface area contributed by atoms with Crippen molar-refractivity contribution in [3.63, 3.8) is 0 Å². The molecule has 0 radical (unpaired) electrons. The van der Waals surface area contributed by atoms with Gasteiger partial charge in [-0.2, -0.15) is 0 Å². The molecule has 9 nitrogen and oxygen atoms in total. The number of H-pyrrole nitrogens is 1. The number of anilines is 1. The van der Waals surface area contributed by atoms with E-state index in [0.717, 1.165) is 22.0 Å². The fourth-order valence-corrected chi connectivity index (χ4v) is 7.10. The predicted octanol–water partition coefficient (Wildman–Crippen LogP) is 3.71. The number of benzene rings is 3. The molecule has 3 aromatic carbocycles. The van der Waals surface area contributed by atoms with Gasteiger partial charge in [-0.15, -0.1) is 0 Å². The maximum Gasteiger partial charge on any atom is 0.250 e. The molecule has 1 spiro atoms. The summed E-state index contributed by atoms with van der Waals surface area (Å²) in [6.07, 6.45) is 2.38. The van der Waals surface area contributed by atoms with E-state index in [1.54, 1.807) is 30.3 Å². The SMILES string of the molecule is O=C1[C@H]2[C@H](Cc3c[nH]c4ccccc34)N[C@]3(C(=O)Nc4ccc(Cl)cc43)[C@@H]2C(=O)N1Cc1ccc2c(c1)OCO2. The number of para-hydroxylation sites is 1. The molecule has 2 fully saturated rings. The summed E-state index contributed by atoms with van der Waals surface area (Å²) in [7, 11) is 0. The Bertz CT molecular complexity index is 1770. The van der Waals surface area contributed by atoms with Crippen molar-refractivity contribution in [3.05, 3.63) is 88.6 Å². The summed E-state index contributed by atoms with van der Waals surface area (Å²) in [5, 5.41) is 7.91. The number of halogens is 1. The van der Waals surface area contributed by atoms with E-state index < -0.39 is 23.4 Å². The van der Waals surface area contributed by atoms with Crippen molar-refractivity contribution < 1.29 is 23.9 Å². The minimum absolute atomic E-state index is 0.0706. The van der Waals surface area contributed by atoms with Crippen molar-refractivity contribution in [3.8, 4) is 11.5 Å². The van der Waals surface area contributed by atoms with Crippen LogP contribution in [0.25, 0.3) is 10.9 Å². The minimum atomic E-state index is -1.42. The molecule has 200 valence electrons. The van der Waals surface area contributed by atoms with Gasteiger partial charge in [0, 0.05) is 39.4 Å². The van der Waals surface area contributed by atoms with Crippen molar-refractivity contribution in [2.24, 2.45) is 11.8 Å². The Balaban J connectivity index is 1.22. The van der Waals surface area contributed by atoms with E-state index in [4.69, 9.17) is 21.1 Å². The average Bonchev–Trinajstić information content (AvgIpc) is 3.75. The van der Waals surface area contributed by atoms with E-state index in [9.17, 15) is 14.4 Å². The number of amides is 3. The standard InChI is InChI=1S/C30H23ClN4O5/c31-17-6-7-21-19(11-17)30(29(38)33-21)26-25(22(34-30)10-16-12-32-20-4-2-1-3-18(16)20)27(36)35(28(26)37)13-15-5-8-23-24(9-15)40-14-39-23/h1-9,11-12,22,25-26,32,34H,10,13-14H2,(H,33,38)/t22-,25-,26-,30-/m0/s1. The third-order valence-corrected chi connectivity index (χ3v) is 8.90. The highest BCUT2D eigenvalue weighted by Crippen LogP contribution is 2.54. The number of aromatic nitrogens is 1. The van der Waals surface area contributed by atoms with E-state index in [2.05, 4.69) is 15.6 Å². The molecule has 0 aliphatic carbocycles. The first-order chi connectivity index (χ1) is 19.4. The lowest BCUT2D eigenvalue weighted by atomic mass is 9.76. The lowest BCUT2D eigenvalue weighted by Gasteiger charge is -2.29. The van der Waals surface area contributed by atoms with Gasteiger partial charge in [0.2, 0.25) is 24.5 Å². The van der Waals surface area contributed by atoms with E-state index in [-0.39, 0.29) is 31.1 Å². The fourth-order valence-electron chi connectivity index (χ4n) is 6.92. The number of nitrogens with one attached hydrogen (secondary N) is 3. The van der Waals surface area contributed by atoms with Crippen LogP contribution in [0.3, 0.4) is 0 Å². The Morgan fingerprint density at radius 2 is 1.82 bits per heavy atom. The van der Waals surface area contributed by atoms with Gasteiger partial charge >= 0.3 is 0 Å². The number of likely N-dealkylation sites (tertiary alicyclic amines) is 1. The molecule has 4 atom stereocenters. The Hall–Kier alpha value is -4.34. The first-order valence-electron chi connectivity index (χ1n) is 13.1. The van der Waals surface area contributed by atoms with Crippen LogP contribution in [0.1, 0.15) is 16.7 Å². The molecular formula is C30H23ClN4O5. The molecule has 4 aliphatic rings. The van der Waals surface area contributed by atoms with Crippen molar-refractivity contribution in [1.82, 2.24) is 15.2 Å². The van der Waals surface area contributed by atoms with Gasteiger partial charge in [-0.05, 0) is 53.9 Å². The molecule has 1 aromatic heterocycles. The lowest BCUT2D eigenvalue weighted by Crippen LogP contribution is -2.53. The molecule has 2 saturated heterocycles. The van der Waals surface area contributed by atoms with Gasteiger partial charge in [0.1, 0.15) is 5.54 Å². The maximum atomic E-state index is 14.2.